The van der Waals surface area contributed by atoms with Crippen LogP contribution in [0.25, 0.3) is 11.1 Å². The third-order valence-corrected chi connectivity index (χ3v) is 2.11. The molecule has 0 amide bonds. The van der Waals surface area contributed by atoms with Crippen molar-refractivity contribution in [2.24, 2.45) is 0 Å². The Hall–Kier alpha value is -1.97. The minimum atomic E-state index is -0.309. The van der Waals surface area contributed by atoms with E-state index in [1.807, 2.05) is 0 Å². The summed E-state index contributed by atoms with van der Waals surface area (Å²) in [4.78, 5) is 0. The van der Waals surface area contributed by atoms with Crippen LogP contribution in [0.3, 0.4) is 0 Å². The molecule has 3 nitrogen and oxygen atoms in total. The molecule has 1 aromatic heterocycles. The predicted molar refractivity (Wildman–Crippen MR) is 56.6 cm³/mol. The predicted octanol–water partition coefficient (Wildman–Crippen LogP) is 2.17. The van der Waals surface area contributed by atoms with Gasteiger partial charge in [0.15, 0.2) is 5.82 Å². The quantitative estimate of drug-likeness (QED) is 0.772. The van der Waals surface area contributed by atoms with Crippen LogP contribution in [0.1, 0.15) is 5.69 Å². The van der Waals surface area contributed by atoms with Crippen LogP contribution in [-0.2, 0) is 0 Å². The highest BCUT2D eigenvalue weighted by molar-refractivity contribution is 5.73. The van der Waals surface area contributed by atoms with Crippen LogP contribution in [0.2, 0.25) is 0 Å². The Bertz CT molecular complexity index is 497. The maximum atomic E-state index is 13.5. The fraction of sp³-hybridized carbons (Fsp3) is 0.0909. The number of aromatic nitrogens is 2. The number of hydrogen-bond donors (Lipinski definition) is 1. The highest BCUT2D eigenvalue weighted by Crippen LogP contribution is 2.26. The van der Waals surface area contributed by atoms with Gasteiger partial charge in [0.05, 0.1) is 5.69 Å². The van der Waals surface area contributed by atoms with Crippen molar-refractivity contribution in [1.82, 2.24) is 10.2 Å². The first kappa shape index (κ1) is 9.58. The van der Waals surface area contributed by atoms with E-state index in [1.165, 1.54) is 6.07 Å². The van der Waals surface area contributed by atoms with Gasteiger partial charge in [0.2, 0.25) is 0 Å². The fourth-order valence-electron chi connectivity index (χ4n) is 1.39. The Balaban J connectivity index is 2.64. The van der Waals surface area contributed by atoms with Gasteiger partial charge in [-0.25, -0.2) is 4.39 Å². The van der Waals surface area contributed by atoms with E-state index in [9.17, 15) is 4.39 Å². The van der Waals surface area contributed by atoms with Crippen LogP contribution >= 0.6 is 0 Å². The molecule has 0 saturated carbocycles. The zero-order valence-electron chi connectivity index (χ0n) is 8.24. The van der Waals surface area contributed by atoms with E-state index in [0.29, 0.717) is 16.8 Å². The first-order valence-electron chi connectivity index (χ1n) is 4.53. The van der Waals surface area contributed by atoms with Gasteiger partial charge in [-0.05, 0) is 19.1 Å². The van der Waals surface area contributed by atoms with Crippen molar-refractivity contribution in [3.63, 3.8) is 0 Å². The van der Waals surface area contributed by atoms with Crippen LogP contribution in [0, 0.1) is 12.7 Å². The molecule has 0 fully saturated rings. The van der Waals surface area contributed by atoms with Crippen molar-refractivity contribution in [3.05, 3.63) is 41.8 Å². The van der Waals surface area contributed by atoms with Gasteiger partial charge in [0.25, 0.3) is 0 Å². The Kier molecular flexibility index (Phi) is 2.33. The molecule has 0 spiro atoms. The van der Waals surface area contributed by atoms with Gasteiger partial charge < -0.3 is 5.73 Å². The lowest BCUT2D eigenvalue weighted by Crippen LogP contribution is -1.99. The number of nitrogens with two attached hydrogens (primary N) is 1. The zero-order valence-corrected chi connectivity index (χ0v) is 8.24. The summed E-state index contributed by atoms with van der Waals surface area (Å²) in [6, 6.07) is 8.18. The highest BCUT2D eigenvalue weighted by atomic mass is 19.1. The molecule has 2 aromatic rings. The summed E-state index contributed by atoms with van der Waals surface area (Å²) >= 11 is 0. The van der Waals surface area contributed by atoms with E-state index in [2.05, 4.69) is 10.2 Å². The third kappa shape index (κ3) is 1.79. The number of benzene rings is 1. The smallest absolute Gasteiger partial charge is 0.154 e. The molecule has 2 N–H and O–H groups in total. The van der Waals surface area contributed by atoms with Crippen molar-refractivity contribution in [1.29, 1.82) is 0 Å². The Morgan fingerprint density at radius 2 is 1.87 bits per heavy atom. The highest BCUT2D eigenvalue weighted by Gasteiger charge is 2.09. The summed E-state index contributed by atoms with van der Waals surface area (Å²) in [5.41, 5.74) is 7.40. The molecule has 0 unspecified atom stereocenters. The van der Waals surface area contributed by atoms with Crippen molar-refractivity contribution in [2.45, 2.75) is 6.92 Å². The molecular weight excluding hydrogens is 193 g/mol. The first-order chi connectivity index (χ1) is 7.18. The molecule has 0 aliphatic carbocycles. The largest absolute Gasteiger partial charge is 0.382 e. The molecule has 0 saturated heterocycles. The maximum absolute atomic E-state index is 13.5. The lowest BCUT2D eigenvalue weighted by molar-refractivity contribution is 0.631. The summed E-state index contributed by atoms with van der Waals surface area (Å²) in [5, 5.41) is 7.55. The SMILES string of the molecule is Cc1cc(-c2ccccc2F)c(N)nn1. The van der Waals surface area contributed by atoms with Gasteiger partial charge in [-0.1, -0.05) is 18.2 Å². The van der Waals surface area contributed by atoms with Crippen LogP contribution in [0.5, 0.6) is 0 Å². The lowest BCUT2D eigenvalue weighted by Gasteiger charge is -2.05. The number of nitrogens with zero attached hydrogens (tertiary/aromatic N) is 2. The number of hydrogen-bond acceptors (Lipinski definition) is 3. The van der Waals surface area contributed by atoms with Crippen molar-refractivity contribution < 1.29 is 4.39 Å². The first-order valence-corrected chi connectivity index (χ1v) is 4.53. The molecule has 76 valence electrons. The standard InChI is InChI=1S/C11H10FN3/c1-7-6-9(11(13)15-14-7)8-4-2-3-5-10(8)12/h2-6H,1H3,(H2,13,15). The molecule has 1 heterocycles. The van der Waals surface area contributed by atoms with Crippen LogP contribution in [-0.4, -0.2) is 10.2 Å². The van der Waals surface area contributed by atoms with E-state index in [0.717, 1.165) is 0 Å². The summed E-state index contributed by atoms with van der Waals surface area (Å²) < 4.78 is 13.5. The summed E-state index contributed by atoms with van der Waals surface area (Å²) in [6.45, 7) is 1.79. The molecular formula is C11H10FN3. The monoisotopic (exact) mass is 203 g/mol. The Morgan fingerprint density at radius 1 is 1.13 bits per heavy atom. The summed E-state index contributed by atoms with van der Waals surface area (Å²) in [6.07, 6.45) is 0. The summed E-state index contributed by atoms with van der Waals surface area (Å²) in [7, 11) is 0. The van der Waals surface area contributed by atoms with Crippen LogP contribution in [0.15, 0.2) is 30.3 Å². The number of nitrogen functional groups attached to an aromatic ring is 1. The Labute approximate surface area is 86.8 Å². The Morgan fingerprint density at radius 3 is 2.60 bits per heavy atom. The summed E-state index contributed by atoms with van der Waals surface area (Å²) in [5.74, 6) is -0.0673. The van der Waals surface area contributed by atoms with E-state index in [4.69, 9.17) is 5.73 Å². The molecule has 0 radical (unpaired) electrons. The second kappa shape index (κ2) is 3.65. The van der Waals surface area contributed by atoms with E-state index >= 15 is 0 Å². The lowest BCUT2D eigenvalue weighted by atomic mass is 10.1. The van der Waals surface area contributed by atoms with E-state index < -0.39 is 0 Å². The molecule has 1 aromatic carbocycles. The van der Waals surface area contributed by atoms with Crippen LogP contribution in [0.4, 0.5) is 10.2 Å². The molecule has 4 heteroatoms. The average molecular weight is 203 g/mol. The second-order valence-electron chi connectivity index (χ2n) is 3.26. The van der Waals surface area contributed by atoms with Crippen molar-refractivity contribution >= 4 is 5.82 Å². The van der Waals surface area contributed by atoms with Crippen LogP contribution < -0.4 is 5.73 Å². The van der Waals surface area contributed by atoms with Crippen molar-refractivity contribution in [2.75, 3.05) is 5.73 Å². The maximum Gasteiger partial charge on any atom is 0.154 e. The minimum Gasteiger partial charge on any atom is -0.382 e. The van der Waals surface area contributed by atoms with Gasteiger partial charge in [0.1, 0.15) is 5.82 Å². The number of rotatable bonds is 1. The van der Waals surface area contributed by atoms with Gasteiger partial charge in [-0.3, -0.25) is 0 Å². The molecule has 15 heavy (non-hydrogen) atoms. The van der Waals surface area contributed by atoms with Crippen molar-refractivity contribution in [3.8, 4) is 11.1 Å². The van der Waals surface area contributed by atoms with E-state index in [-0.39, 0.29) is 11.6 Å². The average Bonchev–Trinajstić information content (AvgIpc) is 2.23. The zero-order chi connectivity index (χ0) is 10.8. The molecule has 0 atom stereocenters. The minimum absolute atomic E-state index is 0.241. The molecule has 0 aliphatic heterocycles. The number of anilines is 1. The van der Waals surface area contributed by atoms with Gasteiger partial charge >= 0.3 is 0 Å². The topological polar surface area (TPSA) is 51.8 Å². The second-order valence-corrected chi connectivity index (χ2v) is 3.26. The van der Waals surface area contributed by atoms with Gasteiger partial charge in [-0.15, -0.1) is 5.10 Å². The van der Waals surface area contributed by atoms with Gasteiger partial charge in [0, 0.05) is 11.1 Å². The molecule has 2 rings (SSSR count). The number of halogens is 1. The van der Waals surface area contributed by atoms with E-state index in [1.54, 1.807) is 31.2 Å². The normalized spacial score (nSPS) is 10.3. The molecule has 0 bridgehead atoms. The van der Waals surface area contributed by atoms with Gasteiger partial charge in [-0.2, -0.15) is 5.10 Å². The molecule has 0 aliphatic rings. The fourth-order valence-corrected chi connectivity index (χ4v) is 1.39. The third-order valence-electron chi connectivity index (χ3n) is 2.11. The number of aryl methyl sites for hydroxylation is 1.